The molecule has 0 heterocycles. The molecule has 0 saturated carbocycles. The Morgan fingerprint density at radius 3 is 2.38 bits per heavy atom. The van der Waals surface area contributed by atoms with Gasteiger partial charge in [0, 0.05) is 0 Å². The fourth-order valence-corrected chi connectivity index (χ4v) is 2.61. The number of hydrogen-bond donors (Lipinski definition) is 1. The molecule has 2 rings (SSSR count). The summed E-state index contributed by atoms with van der Waals surface area (Å²) in [4.78, 5) is 0. The van der Waals surface area contributed by atoms with Gasteiger partial charge in [-0.3, -0.25) is 0 Å². The van der Waals surface area contributed by atoms with E-state index >= 15 is 0 Å². The molecule has 2 unspecified atom stereocenters. The Morgan fingerprint density at radius 2 is 1.76 bits per heavy atom. The summed E-state index contributed by atoms with van der Waals surface area (Å²) in [6.45, 7) is 6.36. The van der Waals surface area contributed by atoms with Crippen molar-refractivity contribution in [3.8, 4) is 5.75 Å². The van der Waals surface area contributed by atoms with E-state index in [2.05, 4.69) is 68.6 Å². The highest BCUT2D eigenvalue weighted by atomic mass is 16.5. The Hall–Kier alpha value is -1.80. The maximum atomic E-state index is 6.32. The van der Waals surface area contributed by atoms with Crippen LogP contribution in [0.25, 0.3) is 0 Å². The van der Waals surface area contributed by atoms with Gasteiger partial charge in [-0.2, -0.15) is 0 Å². The van der Waals surface area contributed by atoms with E-state index in [-0.39, 0.29) is 12.1 Å². The van der Waals surface area contributed by atoms with Crippen LogP contribution in [0.1, 0.15) is 36.1 Å². The van der Waals surface area contributed by atoms with Crippen molar-refractivity contribution < 1.29 is 4.74 Å². The second-order valence-electron chi connectivity index (χ2n) is 5.51. The molecule has 0 spiro atoms. The van der Waals surface area contributed by atoms with Gasteiger partial charge < -0.3 is 10.1 Å². The molecule has 0 aromatic heterocycles. The monoisotopic (exact) mass is 283 g/mol. The first kappa shape index (κ1) is 15.6. The van der Waals surface area contributed by atoms with Gasteiger partial charge in [0.05, 0.1) is 6.04 Å². The van der Waals surface area contributed by atoms with Gasteiger partial charge in [-0.25, -0.2) is 0 Å². The van der Waals surface area contributed by atoms with Gasteiger partial charge in [0.1, 0.15) is 11.9 Å². The molecule has 0 saturated heterocycles. The van der Waals surface area contributed by atoms with Crippen molar-refractivity contribution in [3.63, 3.8) is 0 Å². The largest absolute Gasteiger partial charge is 0.488 e. The van der Waals surface area contributed by atoms with Crippen molar-refractivity contribution in [2.24, 2.45) is 0 Å². The van der Waals surface area contributed by atoms with Crippen LogP contribution in [0.3, 0.4) is 0 Å². The number of rotatable bonds is 6. The smallest absolute Gasteiger partial charge is 0.122 e. The van der Waals surface area contributed by atoms with Gasteiger partial charge in [0.25, 0.3) is 0 Å². The maximum absolute atomic E-state index is 6.32. The molecule has 21 heavy (non-hydrogen) atoms. The van der Waals surface area contributed by atoms with E-state index in [1.807, 2.05) is 13.1 Å². The average molecular weight is 283 g/mol. The summed E-state index contributed by atoms with van der Waals surface area (Å²) < 4.78 is 6.32. The molecule has 2 aromatic rings. The molecule has 2 nitrogen and oxygen atoms in total. The third-order valence-electron chi connectivity index (χ3n) is 3.87. The van der Waals surface area contributed by atoms with E-state index in [0.29, 0.717) is 0 Å². The second kappa shape index (κ2) is 7.28. The minimum atomic E-state index is 0.109. The molecular formula is C19H25NO. The number of hydrogen-bond acceptors (Lipinski definition) is 2. The fourth-order valence-electron chi connectivity index (χ4n) is 2.61. The molecule has 2 aromatic carbocycles. The lowest BCUT2D eigenvalue weighted by Gasteiger charge is -2.28. The topological polar surface area (TPSA) is 21.3 Å². The van der Waals surface area contributed by atoms with E-state index in [4.69, 9.17) is 4.74 Å². The summed E-state index contributed by atoms with van der Waals surface area (Å²) in [6.07, 6.45) is 1.06. The molecule has 0 bridgehead atoms. The van der Waals surface area contributed by atoms with Crippen molar-refractivity contribution in [3.05, 3.63) is 65.2 Å². The lowest BCUT2D eigenvalue weighted by Crippen LogP contribution is -2.33. The number of likely N-dealkylation sites (N-methyl/N-ethyl adjacent to an activating group) is 1. The number of benzene rings is 2. The van der Waals surface area contributed by atoms with Gasteiger partial charge in [0.15, 0.2) is 0 Å². The van der Waals surface area contributed by atoms with Crippen molar-refractivity contribution in [2.75, 3.05) is 7.05 Å². The summed E-state index contributed by atoms with van der Waals surface area (Å²) in [7, 11) is 1.99. The lowest BCUT2D eigenvalue weighted by molar-refractivity contribution is 0.151. The van der Waals surface area contributed by atoms with Crippen LogP contribution >= 0.6 is 0 Å². The summed E-state index contributed by atoms with van der Waals surface area (Å²) in [5.74, 6) is 0.984. The highest BCUT2D eigenvalue weighted by molar-refractivity contribution is 5.36. The third-order valence-corrected chi connectivity index (χ3v) is 3.87. The van der Waals surface area contributed by atoms with E-state index in [1.54, 1.807) is 0 Å². The van der Waals surface area contributed by atoms with E-state index in [1.165, 1.54) is 16.7 Å². The molecule has 0 aliphatic carbocycles. The molecular weight excluding hydrogens is 258 g/mol. The molecule has 2 heteroatoms. The zero-order chi connectivity index (χ0) is 15.2. The Kier molecular flexibility index (Phi) is 5.40. The highest BCUT2D eigenvalue weighted by Crippen LogP contribution is 2.27. The zero-order valence-corrected chi connectivity index (χ0v) is 13.4. The first-order valence-electron chi connectivity index (χ1n) is 7.61. The SMILES string of the molecule is CCC(Oc1cc(C)ccc1C)C(NC)c1ccccc1. The highest BCUT2D eigenvalue weighted by Gasteiger charge is 2.22. The average Bonchev–Trinajstić information content (AvgIpc) is 2.51. The van der Waals surface area contributed by atoms with Crippen LogP contribution < -0.4 is 10.1 Å². The fraction of sp³-hybridized carbons (Fsp3) is 0.368. The molecule has 0 amide bonds. The summed E-state index contributed by atoms with van der Waals surface area (Å²) in [5.41, 5.74) is 3.67. The van der Waals surface area contributed by atoms with Crippen LogP contribution in [0.5, 0.6) is 5.75 Å². The van der Waals surface area contributed by atoms with Crippen molar-refractivity contribution in [2.45, 2.75) is 39.3 Å². The molecule has 0 fully saturated rings. The Balaban J connectivity index is 2.24. The molecule has 112 valence electrons. The number of aryl methyl sites for hydroxylation is 2. The van der Waals surface area contributed by atoms with Gasteiger partial charge in [-0.05, 0) is 50.1 Å². The number of nitrogens with one attached hydrogen (secondary N) is 1. The van der Waals surface area contributed by atoms with Gasteiger partial charge >= 0.3 is 0 Å². The summed E-state index contributed by atoms with van der Waals surface area (Å²) in [5, 5.41) is 3.40. The molecule has 0 aliphatic heterocycles. The molecule has 2 atom stereocenters. The number of ether oxygens (including phenoxy) is 1. The predicted octanol–water partition coefficient (Wildman–Crippen LogP) is 4.42. The van der Waals surface area contributed by atoms with Crippen LogP contribution in [0.2, 0.25) is 0 Å². The normalized spacial score (nSPS) is 13.7. The van der Waals surface area contributed by atoms with Gasteiger partial charge in [-0.15, -0.1) is 0 Å². The first-order chi connectivity index (χ1) is 10.2. The Bertz CT molecular complexity index is 565. The van der Waals surface area contributed by atoms with Gasteiger partial charge in [-0.1, -0.05) is 49.4 Å². The van der Waals surface area contributed by atoms with E-state index < -0.39 is 0 Å². The van der Waals surface area contributed by atoms with Crippen LogP contribution in [0.4, 0.5) is 0 Å². The van der Waals surface area contributed by atoms with Crippen LogP contribution in [0.15, 0.2) is 48.5 Å². The van der Waals surface area contributed by atoms with Crippen molar-refractivity contribution >= 4 is 0 Å². The minimum absolute atomic E-state index is 0.109. The van der Waals surface area contributed by atoms with Gasteiger partial charge in [0.2, 0.25) is 0 Å². The first-order valence-corrected chi connectivity index (χ1v) is 7.61. The predicted molar refractivity (Wildman–Crippen MR) is 88.9 cm³/mol. The van der Waals surface area contributed by atoms with E-state index in [0.717, 1.165) is 12.2 Å². The molecule has 0 aliphatic rings. The minimum Gasteiger partial charge on any atom is -0.488 e. The van der Waals surface area contributed by atoms with E-state index in [9.17, 15) is 0 Å². The van der Waals surface area contributed by atoms with Crippen LogP contribution in [-0.4, -0.2) is 13.2 Å². The molecule has 1 N–H and O–H groups in total. The Labute approximate surface area is 128 Å². The Morgan fingerprint density at radius 1 is 1.05 bits per heavy atom. The zero-order valence-electron chi connectivity index (χ0n) is 13.4. The van der Waals surface area contributed by atoms with Crippen LogP contribution in [0, 0.1) is 13.8 Å². The third kappa shape index (κ3) is 3.85. The van der Waals surface area contributed by atoms with Crippen LogP contribution in [-0.2, 0) is 0 Å². The maximum Gasteiger partial charge on any atom is 0.122 e. The summed E-state index contributed by atoms with van der Waals surface area (Å²) >= 11 is 0. The quantitative estimate of drug-likeness (QED) is 0.847. The summed E-state index contributed by atoms with van der Waals surface area (Å²) in [6, 6.07) is 17.0. The van der Waals surface area contributed by atoms with Crippen molar-refractivity contribution in [1.82, 2.24) is 5.32 Å². The van der Waals surface area contributed by atoms with Crippen molar-refractivity contribution in [1.29, 1.82) is 0 Å². The lowest BCUT2D eigenvalue weighted by atomic mass is 9.99. The second-order valence-corrected chi connectivity index (χ2v) is 5.51. The standard InChI is InChI=1S/C19H25NO/c1-5-17(19(20-4)16-9-7-6-8-10-16)21-18-13-14(2)11-12-15(18)3/h6-13,17,19-20H,5H2,1-4H3. The molecule has 0 radical (unpaired) electrons.